The zero-order chi connectivity index (χ0) is 18.0. The number of aromatic nitrogens is 1. The largest absolute Gasteiger partial charge is 0.449 e. The van der Waals surface area contributed by atoms with E-state index < -0.39 is 12.1 Å². The van der Waals surface area contributed by atoms with Gasteiger partial charge in [-0.1, -0.05) is 25.1 Å². The summed E-state index contributed by atoms with van der Waals surface area (Å²) in [6.07, 6.45) is 1.93. The fraction of sp³-hybridized carbons (Fsp3) is 0.450. The highest BCUT2D eigenvalue weighted by molar-refractivity contribution is 6.05. The Hall–Kier alpha value is -2.43. The molecule has 2 aromatic rings. The molecule has 3 rings (SSSR count). The van der Waals surface area contributed by atoms with Gasteiger partial charge < -0.3 is 10.1 Å². The number of esters is 1. The number of fused-ring (bicyclic) bond motifs is 2. The number of ether oxygens (including phenoxy) is 1. The van der Waals surface area contributed by atoms with E-state index in [9.17, 15) is 9.59 Å². The van der Waals surface area contributed by atoms with Gasteiger partial charge >= 0.3 is 5.97 Å². The molecule has 0 radical (unpaired) electrons. The Kier molecular flexibility index (Phi) is 5.02. The van der Waals surface area contributed by atoms with Gasteiger partial charge in [0.2, 0.25) is 0 Å². The van der Waals surface area contributed by atoms with Gasteiger partial charge in [0.15, 0.2) is 6.10 Å². The van der Waals surface area contributed by atoms with Crippen molar-refractivity contribution in [3.63, 3.8) is 0 Å². The summed E-state index contributed by atoms with van der Waals surface area (Å²) in [7, 11) is 0. The lowest BCUT2D eigenvalue weighted by molar-refractivity contribution is -0.128. The van der Waals surface area contributed by atoms with Gasteiger partial charge in [0, 0.05) is 17.6 Å². The van der Waals surface area contributed by atoms with Gasteiger partial charge in [-0.15, -0.1) is 0 Å². The number of carbonyl (C=O) groups excluding carboxylic acids is 2. The molecule has 1 aliphatic rings. The number of pyridine rings is 1. The van der Waals surface area contributed by atoms with Crippen molar-refractivity contribution in [2.75, 3.05) is 6.54 Å². The first-order valence-electron chi connectivity index (χ1n) is 8.90. The van der Waals surface area contributed by atoms with E-state index in [0.717, 1.165) is 41.4 Å². The Morgan fingerprint density at radius 3 is 2.88 bits per heavy atom. The predicted molar refractivity (Wildman–Crippen MR) is 96.5 cm³/mol. The number of benzene rings is 1. The highest BCUT2D eigenvalue weighted by Crippen LogP contribution is 2.32. The van der Waals surface area contributed by atoms with Crippen LogP contribution in [0.15, 0.2) is 24.3 Å². The van der Waals surface area contributed by atoms with E-state index in [2.05, 4.69) is 12.2 Å². The summed E-state index contributed by atoms with van der Waals surface area (Å²) >= 11 is 0. The molecule has 0 unspecified atom stereocenters. The van der Waals surface area contributed by atoms with Crippen LogP contribution in [0.3, 0.4) is 0 Å². The van der Waals surface area contributed by atoms with E-state index in [0.29, 0.717) is 18.0 Å². The molecule has 5 heteroatoms. The van der Waals surface area contributed by atoms with Crippen LogP contribution in [-0.2, 0) is 22.4 Å². The first-order chi connectivity index (χ1) is 12.0. The number of para-hydroxylation sites is 1. The van der Waals surface area contributed by atoms with Gasteiger partial charge in [0.05, 0.1) is 11.1 Å². The average molecular weight is 340 g/mol. The van der Waals surface area contributed by atoms with Gasteiger partial charge in [0.25, 0.3) is 5.91 Å². The Labute approximate surface area is 147 Å². The van der Waals surface area contributed by atoms with Gasteiger partial charge in [-0.25, -0.2) is 4.79 Å². The maximum Gasteiger partial charge on any atom is 0.339 e. The van der Waals surface area contributed by atoms with Crippen molar-refractivity contribution in [3.8, 4) is 0 Å². The molecule has 0 saturated carbocycles. The number of aryl methyl sites for hydroxylation is 1. The molecule has 1 N–H and O–H groups in total. The third kappa shape index (κ3) is 3.50. The molecule has 25 heavy (non-hydrogen) atoms. The number of nitrogens with zero attached hydrogens (tertiary/aromatic N) is 1. The van der Waals surface area contributed by atoms with Crippen LogP contribution in [0.25, 0.3) is 10.9 Å². The molecular formula is C20H24N2O3. The number of carbonyl (C=O) groups is 2. The standard InChI is InChI=1S/C20H24N2O3/c1-4-21-19(23)13(3)25-20(24)18-14-7-5-6-8-16(14)22-17-10-9-12(2)11-15(17)18/h5-8,12-13H,4,9-11H2,1-3H3,(H,21,23)/t12-,13+/m0/s1. The summed E-state index contributed by atoms with van der Waals surface area (Å²) < 4.78 is 5.48. The Morgan fingerprint density at radius 2 is 2.12 bits per heavy atom. The van der Waals surface area contributed by atoms with Crippen LogP contribution in [0.5, 0.6) is 0 Å². The molecule has 1 heterocycles. The van der Waals surface area contributed by atoms with Gasteiger partial charge in [-0.2, -0.15) is 0 Å². The molecular weight excluding hydrogens is 316 g/mol. The molecule has 1 aromatic heterocycles. The van der Waals surface area contributed by atoms with Crippen LogP contribution in [0.2, 0.25) is 0 Å². The summed E-state index contributed by atoms with van der Waals surface area (Å²) in [5.74, 6) is -0.220. The van der Waals surface area contributed by atoms with Crippen molar-refractivity contribution in [2.24, 2.45) is 5.92 Å². The highest BCUT2D eigenvalue weighted by Gasteiger charge is 2.28. The van der Waals surface area contributed by atoms with Crippen LogP contribution in [0.4, 0.5) is 0 Å². The molecule has 0 aliphatic heterocycles. The summed E-state index contributed by atoms with van der Waals surface area (Å²) in [4.78, 5) is 29.6. The normalized spacial score (nSPS) is 17.6. The molecule has 0 bridgehead atoms. The Bertz CT molecular complexity index is 816. The first-order valence-corrected chi connectivity index (χ1v) is 8.90. The minimum atomic E-state index is -0.823. The van der Waals surface area contributed by atoms with E-state index in [1.165, 1.54) is 0 Å². The van der Waals surface area contributed by atoms with Crippen LogP contribution in [-0.4, -0.2) is 29.5 Å². The molecule has 132 valence electrons. The average Bonchev–Trinajstić information content (AvgIpc) is 2.59. The highest BCUT2D eigenvalue weighted by atomic mass is 16.5. The van der Waals surface area contributed by atoms with Crippen molar-refractivity contribution in [1.82, 2.24) is 10.3 Å². The van der Waals surface area contributed by atoms with Crippen molar-refractivity contribution >= 4 is 22.8 Å². The Morgan fingerprint density at radius 1 is 1.36 bits per heavy atom. The van der Waals surface area contributed by atoms with Gasteiger partial charge in [-0.3, -0.25) is 9.78 Å². The van der Waals surface area contributed by atoms with Crippen LogP contribution in [0, 0.1) is 5.92 Å². The van der Waals surface area contributed by atoms with E-state index in [4.69, 9.17) is 9.72 Å². The lowest BCUT2D eigenvalue weighted by Crippen LogP contribution is -2.36. The van der Waals surface area contributed by atoms with Crippen LogP contribution >= 0.6 is 0 Å². The smallest absolute Gasteiger partial charge is 0.339 e. The minimum Gasteiger partial charge on any atom is -0.449 e. The maximum atomic E-state index is 12.9. The molecule has 5 nitrogen and oxygen atoms in total. The first kappa shape index (κ1) is 17.4. The van der Waals surface area contributed by atoms with Crippen molar-refractivity contribution in [1.29, 1.82) is 0 Å². The number of hydrogen-bond acceptors (Lipinski definition) is 4. The number of likely N-dealkylation sites (N-methyl/N-ethyl adjacent to an activating group) is 1. The van der Waals surface area contributed by atoms with Crippen molar-refractivity contribution in [3.05, 3.63) is 41.1 Å². The van der Waals surface area contributed by atoms with Crippen LogP contribution in [0.1, 0.15) is 48.8 Å². The minimum absolute atomic E-state index is 0.281. The second-order valence-electron chi connectivity index (χ2n) is 6.72. The molecule has 1 aromatic carbocycles. The quantitative estimate of drug-likeness (QED) is 0.869. The van der Waals surface area contributed by atoms with E-state index >= 15 is 0 Å². The summed E-state index contributed by atoms with van der Waals surface area (Å²) in [6.45, 7) is 6.12. The fourth-order valence-corrected chi connectivity index (χ4v) is 3.39. The number of amides is 1. The van der Waals surface area contributed by atoms with Crippen LogP contribution < -0.4 is 5.32 Å². The molecule has 1 aliphatic carbocycles. The third-order valence-corrected chi connectivity index (χ3v) is 4.71. The van der Waals surface area contributed by atoms with Gasteiger partial charge in [-0.05, 0) is 50.7 Å². The zero-order valence-corrected chi connectivity index (χ0v) is 15.0. The second kappa shape index (κ2) is 7.21. The zero-order valence-electron chi connectivity index (χ0n) is 15.0. The number of nitrogens with one attached hydrogen (secondary N) is 1. The van der Waals surface area contributed by atoms with E-state index in [-0.39, 0.29) is 5.91 Å². The summed E-state index contributed by atoms with van der Waals surface area (Å²) in [5.41, 5.74) is 3.33. The molecule has 1 amide bonds. The molecule has 0 saturated heterocycles. The Balaban J connectivity index is 2.03. The van der Waals surface area contributed by atoms with Gasteiger partial charge in [0.1, 0.15) is 0 Å². The molecule has 2 atom stereocenters. The molecule has 0 spiro atoms. The molecule has 0 fully saturated rings. The van der Waals surface area contributed by atoms with Crippen molar-refractivity contribution in [2.45, 2.75) is 46.1 Å². The maximum absolute atomic E-state index is 12.9. The van der Waals surface area contributed by atoms with E-state index in [1.54, 1.807) is 6.92 Å². The summed E-state index contributed by atoms with van der Waals surface area (Å²) in [6, 6.07) is 7.62. The monoisotopic (exact) mass is 340 g/mol. The lowest BCUT2D eigenvalue weighted by atomic mass is 9.84. The second-order valence-corrected chi connectivity index (χ2v) is 6.72. The SMILES string of the molecule is CCNC(=O)[C@@H](C)OC(=O)c1c2c(nc3ccccc13)CC[C@H](C)C2. The lowest BCUT2D eigenvalue weighted by Gasteiger charge is -2.24. The van der Waals surface area contributed by atoms with E-state index in [1.807, 2.05) is 31.2 Å². The number of rotatable bonds is 4. The fourth-order valence-electron chi connectivity index (χ4n) is 3.39. The third-order valence-electron chi connectivity index (χ3n) is 4.71. The predicted octanol–water partition coefficient (Wildman–Crippen LogP) is 3.04. The number of hydrogen-bond donors (Lipinski definition) is 1. The summed E-state index contributed by atoms with van der Waals surface area (Å²) in [5, 5.41) is 3.48. The topological polar surface area (TPSA) is 68.3 Å². The van der Waals surface area contributed by atoms with Crippen molar-refractivity contribution < 1.29 is 14.3 Å².